The quantitative estimate of drug-likeness (QED) is 0.691. The Bertz CT molecular complexity index is 343. The molecule has 18 heavy (non-hydrogen) atoms. The van der Waals surface area contributed by atoms with Crippen LogP contribution in [0.4, 0.5) is 0 Å². The summed E-state index contributed by atoms with van der Waals surface area (Å²) in [5, 5.41) is 11.7. The second kappa shape index (κ2) is 6.49. The molecule has 1 heterocycles. The van der Waals surface area contributed by atoms with Crippen LogP contribution in [0, 0.1) is 5.92 Å². The van der Waals surface area contributed by atoms with Crippen molar-refractivity contribution in [3.05, 3.63) is 0 Å². The van der Waals surface area contributed by atoms with Crippen LogP contribution in [0.2, 0.25) is 0 Å². The van der Waals surface area contributed by atoms with E-state index in [1.165, 1.54) is 6.92 Å². The van der Waals surface area contributed by atoms with Crippen molar-refractivity contribution in [1.29, 1.82) is 0 Å². The van der Waals surface area contributed by atoms with Crippen molar-refractivity contribution in [3.8, 4) is 0 Å². The van der Waals surface area contributed by atoms with E-state index in [0.29, 0.717) is 13.1 Å². The van der Waals surface area contributed by atoms with Gasteiger partial charge in [0.25, 0.3) is 0 Å². The average molecular weight is 256 g/mol. The van der Waals surface area contributed by atoms with Crippen LogP contribution in [0.25, 0.3) is 0 Å². The maximum atomic E-state index is 11.8. The maximum Gasteiger partial charge on any atom is 0.303 e. The number of hydrogen-bond acceptors (Lipinski definition) is 4. The largest absolute Gasteiger partial charge is 0.481 e. The van der Waals surface area contributed by atoms with Crippen LogP contribution in [0.1, 0.15) is 26.7 Å². The first-order chi connectivity index (χ1) is 8.45. The topological polar surface area (TPSA) is 86.7 Å². The molecule has 1 aliphatic rings. The second-order valence-corrected chi connectivity index (χ2v) is 4.57. The standard InChI is InChI=1S/C12H20N2O4/c1-3-13-10-7-14(6-9(10)8(2)15)11(16)4-5-12(17)18/h9-10,13H,3-7H2,1-2H3,(H,17,18)/t9-,10+/m1/s1. The molecule has 0 aromatic carbocycles. The normalized spacial score (nSPS) is 23.1. The second-order valence-electron chi connectivity index (χ2n) is 4.57. The summed E-state index contributed by atoms with van der Waals surface area (Å²) in [6, 6.07) is -0.0127. The molecule has 1 aliphatic heterocycles. The summed E-state index contributed by atoms with van der Waals surface area (Å²) in [5.41, 5.74) is 0. The lowest BCUT2D eigenvalue weighted by Gasteiger charge is -2.16. The van der Waals surface area contributed by atoms with Crippen molar-refractivity contribution < 1.29 is 19.5 Å². The Kier molecular flexibility index (Phi) is 5.27. The first-order valence-corrected chi connectivity index (χ1v) is 6.19. The van der Waals surface area contributed by atoms with E-state index in [0.717, 1.165) is 6.54 Å². The van der Waals surface area contributed by atoms with E-state index in [4.69, 9.17) is 5.11 Å². The smallest absolute Gasteiger partial charge is 0.303 e. The zero-order valence-corrected chi connectivity index (χ0v) is 10.8. The summed E-state index contributed by atoms with van der Waals surface area (Å²) in [4.78, 5) is 35.3. The number of Topliss-reactive ketones (excluding diaryl/α,β-unsaturated/α-hetero) is 1. The number of carbonyl (C=O) groups excluding carboxylic acids is 2. The third-order valence-corrected chi connectivity index (χ3v) is 3.21. The zero-order valence-electron chi connectivity index (χ0n) is 10.8. The number of rotatable bonds is 6. The number of nitrogens with zero attached hydrogens (tertiary/aromatic N) is 1. The molecular weight excluding hydrogens is 236 g/mol. The van der Waals surface area contributed by atoms with Gasteiger partial charge in [0.15, 0.2) is 0 Å². The third kappa shape index (κ3) is 3.80. The average Bonchev–Trinajstić information content (AvgIpc) is 2.70. The van der Waals surface area contributed by atoms with Gasteiger partial charge in [-0.25, -0.2) is 0 Å². The van der Waals surface area contributed by atoms with Gasteiger partial charge in [-0.2, -0.15) is 0 Å². The van der Waals surface area contributed by atoms with Crippen molar-refractivity contribution >= 4 is 17.7 Å². The van der Waals surface area contributed by atoms with Gasteiger partial charge in [0, 0.05) is 25.6 Å². The molecule has 6 nitrogen and oxygen atoms in total. The molecule has 0 bridgehead atoms. The van der Waals surface area contributed by atoms with E-state index in [1.807, 2.05) is 6.92 Å². The van der Waals surface area contributed by atoms with Gasteiger partial charge in [-0.15, -0.1) is 0 Å². The Morgan fingerprint density at radius 1 is 1.28 bits per heavy atom. The van der Waals surface area contributed by atoms with Crippen molar-refractivity contribution in [3.63, 3.8) is 0 Å². The summed E-state index contributed by atoms with van der Waals surface area (Å²) in [7, 11) is 0. The highest BCUT2D eigenvalue weighted by atomic mass is 16.4. The van der Waals surface area contributed by atoms with Gasteiger partial charge in [-0.3, -0.25) is 14.4 Å². The van der Waals surface area contributed by atoms with Crippen LogP contribution >= 0.6 is 0 Å². The van der Waals surface area contributed by atoms with Gasteiger partial charge in [0.2, 0.25) is 5.91 Å². The number of amides is 1. The summed E-state index contributed by atoms with van der Waals surface area (Å²) in [6.07, 6.45) is -0.162. The van der Waals surface area contributed by atoms with Crippen LogP contribution in [-0.4, -0.2) is 53.3 Å². The van der Waals surface area contributed by atoms with Crippen molar-refractivity contribution in [2.24, 2.45) is 5.92 Å². The number of hydrogen-bond donors (Lipinski definition) is 2. The van der Waals surface area contributed by atoms with Crippen LogP contribution in [0.5, 0.6) is 0 Å². The molecular formula is C12H20N2O4. The molecule has 102 valence electrons. The van der Waals surface area contributed by atoms with Gasteiger partial charge in [-0.05, 0) is 13.5 Å². The van der Waals surface area contributed by atoms with E-state index in [-0.39, 0.29) is 36.5 Å². The molecule has 0 aliphatic carbocycles. The molecule has 0 spiro atoms. The van der Waals surface area contributed by atoms with Crippen LogP contribution in [0.3, 0.4) is 0 Å². The summed E-state index contributed by atoms with van der Waals surface area (Å²) >= 11 is 0. The molecule has 0 radical (unpaired) electrons. The molecule has 0 unspecified atom stereocenters. The lowest BCUT2D eigenvalue weighted by molar-refractivity contribution is -0.140. The van der Waals surface area contributed by atoms with E-state index in [2.05, 4.69) is 5.32 Å². The fourth-order valence-electron chi connectivity index (χ4n) is 2.26. The zero-order chi connectivity index (χ0) is 13.7. The van der Waals surface area contributed by atoms with E-state index < -0.39 is 5.97 Å². The summed E-state index contributed by atoms with van der Waals surface area (Å²) in [6.45, 7) is 5.10. The number of aliphatic carboxylic acids is 1. The number of carboxylic acids is 1. The van der Waals surface area contributed by atoms with Crippen LogP contribution in [0.15, 0.2) is 0 Å². The molecule has 1 fully saturated rings. The Balaban J connectivity index is 2.56. The number of likely N-dealkylation sites (N-methyl/N-ethyl adjacent to an activating group) is 1. The lowest BCUT2D eigenvalue weighted by Crippen LogP contribution is -2.39. The Morgan fingerprint density at radius 3 is 2.44 bits per heavy atom. The molecule has 1 saturated heterocycles. The Morgan fingerprint density at radius 2 is 1.94 bits per heavy atom. The lowest BCUT2D eigenvalue weighted by atomic mass is 10.00. The molecule has 2 N–H and O–H groups in total. The SMILES string of the molecule is CCN[C@H]1CN(C(=O)CCC(=O)O)C[C@@H]1C(C)=O. The fourth-order valence-corrected chi connectivity index (χ4v) is 2.26. The van der Waals surface area contributed by atoms with Gasteiger partial charge in [0.05, 0.1) is 12.3 Å². The Labute approximate surface area is 106 Å². The van der Waals surface area contributed by atoms with Crippen molar-refractivity contribution in [2.45, 2.75) is 32.7 Å². The minimum Gasteiger partial charge on any atom is -0.481 e. The predicted molar refractivity (Wildman–Crippen MR) is 65.1 cm³/mol. The maximum absolute atomic E-state index is 11.8. The van der Waals surface area contributed by atoms with Gasteiger partial charge in [0.1, 0.15) is 5.78 Å². The number of nitrogens with one attached hydrogen (secondary N) is 1. The minimum atomic E-state index is -0.978. The van der Waals surface area contributed by atoms with Gasteiger partial charge >= 0.3 is 5.97 Å². The highest BCUT2D eigenvalue weighted by Crippen LogP contribution is 2.19. The van der Waals surface area contributed by atoms with E-state index in [9.17, 15) is 14.4 Å². The van der Waals surface area contributed by atoms with E-state index >= 15 is 0 Å². The number of ketones is 1. The molecule has 6 heteroatoms. The van der Waals surface area contributed by atoms with Gasteiger partial charge in [-0.1, -0.05) is 6.92 Å². The monoisotopic (exact) mass is 256 g/mol. The highest BCUT2D eigenvalue weighted by Gasteiger charge is 2.37. The van der Waals surface area contributed by atoms with Gasteiger partial charge < -0.3 is 15.3 Å². The fraction of sp³-hybridized carbons (Fsp3) is 0.750. The Hall–Kier alpha value is -1.43. The molecule has 1 amide bonds. The molecule has 1 rings (SSSR count). The summed E-state index contributed by atoms with van der Waals surface area (Å²) < 4.78 is 0. The molecule has 0 saturated carbocycles. The first kappa shape index (κ1) is 14.6. The van der Waals surface area contributed by atoms with E-state index in [1.54, 1.807) is 4.90 Å². The molecule has 0 aromatic rings. The molecule has 0 aromatic heterocycles. The highest BCUT2D eigenvalue weighted by molar-refractivity contribution is 5.84. The van der Waals surface area contributed by atoms with Crippen LogP contribution < -0.4 is 5.32 Å². The first-order valence-electron chi connectivity index (χ1n) is 6.19. The number of carboxylic acid groups (broad SMARTS) is 1. The number of likely N-dealkylation sites (tertiary alicyclic amines) is 1. The predicted octanol–water partition coefficient (Wildman–Crippen LogP) is -0.123. The third-order valence-electron chi connectivity index (χ3n) is 3.21. The van der Waals surface area contributed by atoms with Crippen molar-refractivity contribution in [1.82, 2.24) is 10.2 Å². The number of carbonyl (C=O) groups is 3. The molecule has 2 atom stereocenters. The van der Waals surface area contributed by atoms with Crippen molar-refractivity contribution in [2.75, 3.05) is 19.6 Å². The van der Waals surface area contributed by atoms with Crippen LogP contribution in [-0.2, 0) is 14.4 Å². The minimum absolute atomic E-state index is 0.00119. The summed E-state index contributed by atoms with van der Waals surface area (Å²) in [5.74, 6) is -1.29.